The maximum absolute atomic E-state index is 13.8. The van der Waals surface area contributed by atoms with Crippen LogP contribution in [-0.2, 0) is 0 Å². The van der Waals surface area contributed by atoms with Crippen molar-refractivity contribution in [3.05, 3.63) is 35.1 Å². The van der Waals surface area contributed by atoms with Gasteiger partial charge in [0.15, 0.2) is 0 Å². The van der Waals surface area contributed by atoms with E-state index < -0.39 is 0 Å². The molecule has 2 rings (SSSR count). The first-order chi connectivity index (χ1) is 9.40. The van der Waals surface area contributed by atoms with Crippen molar-refractivity contribution < 1.29 is 4.39 Å². The summed E-state index contributed by atoms with van der Waals surface area (Å²) >= 11 is 0. The standard InChI is InChI=1S/C17H27FN2/c1-11(2)17-10-20(13(4)9-19-17)14(5)15-7-6-12(3)16(18)8-15/h6-8,11,13-14,17,19H,9-10H2,1-5H3. The third kappa shape index (κ3) is 3.21. The molecule has 1 fully saturated rings. The van der Waals surface area contributed by atoms with Gasteiger partial charge in [0.25, 0.3) is 0 Å². The molecule has 1 aromatic carbocycles. The van der Waals surface area contributed by atoms with Crippen LogP contribution in [0.15, 0.2) is 18.2 Å². The van der Waals surface area contributed by atoms with E-state index in [1.165, 1.54) is 0 Å². The number of halogens is 1. The van der Waals surface area contributed by atoms with Crippen LogP contribution in [0.5, 0.6) is 0 Å². The van der Waals surface area contributed by atoms with E-state index in [1.54, 1.807) is 6.07 Å². The van der Waals surface area contributed by atoms with Crippen LogP contribution in [0.1, 0.15) is 44.9 Å². The molecule has 0 bridgehead atoms. The van der Waals surface area contributed by atoms with Crippen LogP contribution < -0.4 is 5.32 Å². The fourth-order valence-electron chi connectivity index (χ4n) is 2.96. The average molecular weight is 278 g/mol. The number of benzene rings is 1. The van der Waals surface area contributed by atoms with E-state index in [1.807, 2.05) is 13.0 Å². The summed E-state index contributed by atoms with van der Waals surface area (Å²) in [6, 6.07) is 6.88. The third-order valence-corrected chi connectivity index (χ3v) is 4.63. The van der Waals surface area contributed by atoms with Crippen LogP contribution in [0, 0.1) is 18.7 Å². The van der Waals surface area contributed by atoms with Crippen molar-refractivity contribution in [2.45, 2.75) is 52.7 Å². The molecule has 20 heavy (non-hydrogen) atoms. The van der Waals surface area contributed by atoms with Crippen molar-refractivity contribution >= 4 is 0 Å². The number of piperazine rings is 1. The monoisotopic (exact) mass is 278 g/mol. The molecule has 112 valence electrons. The lowest BCUT2D eigenvalue weighted by molar-refractivity contribution is 0.0851. The average Bonchev–Trinajstić information content (AvgIpc) is 2.41. The molecule has 0 aromatic heterocycles. The van der Waals surface area contributed by atoms with Gasteiger partial charge in [0, 0.05) is 31.2 Å². The van der Waals surface area contributed by atoms with Crippen molar-refractivity contribution in [1.82, 2.24) is 10.2 Å². The molecule has 1 heterocycles. The van der Waals surface area contributed by atoms with Crippen LogP contribution in [0.2, 0.25) is 0 Å². The molecular formula is C17H27FN2. The van der Waals surface area contributed by atoms with Crippen LogP contribution in [0.25, 0.3) is 0 Å². The molecule has 0 amide bonds. The molecule has 0 radical (unpaired) electrons. The van der Waals surface area contributed by atoms with Gasteiger partial charge in [-0.25, -0.2) is 4.39 Å². The second kappa shape index (κ2) is 6.23. The zero-order valence-electron chi connectivity index (χ0n) is 13.3. The number of hydrogen-bond acceptors (Lipinski definition) is 2. The summed E-state index contributed by atoms with van der Waals surface area (Å²) in [4.78, 5) is 2.49. The Balaban J connectivity index is 2.17. The van der Waals surface area contributed by atoms with E-state index in [9.17, 15) is 4.39 Å². The number of hydrogen-bond donors (Lipinski definition) is 1. The summed E-state index contributed by atoms with van der Waals surface area (Å²) in [6.45, 7) is 12.8. The molecule has 0 spiro atoms. The Morgan fingerprint density at radius 2 is 2.00 bits per heavy atom. The SMILES string of the molecule is Cc1ccc(C(C)N2CC(C(C)C)NCC2C)cc1F. The molecule has 1 saturated heterocycles. The Morgan fingerprint density at radius 1 is 1.30 bits per heavy atom. The quantitative estimate of drug-likeness (QED) is 0.910. The fraction of sp³-hybridized carbons (Fsp3) is 0.647. The Hall–Kier alpha value is -0.930. The minimum atomic E-state index is -0.0995. The summed E-state index contributed by atoms with van der Waals surface area (Å²) in [5, 5.41) is 3.61. The highest BCUT2D eigenvalue weighted by atomic mass is 19.1. The van der Waals surface area contributed by atoms with E-state index in [0.717, 1.165) is 24.2 Å². The number of rotatable bonds is 3. The van der Waals surface area contributed by atoms with Crippen molar-refractivity contribution in [2.75, 3.05) is 13.1 Å². The summed E-state index contributed by atoms with van der Waals surface area (Å²) in [7, 11) is 0. The minimum absolute atomic E-state index is 0.0995. The van der Waals surface area contributed by atoms with E-state index >= 15 is 0 Å². The van der Waals surface area contributed by atoms with Gasteiger partial charge in [-0.2, -0.15) is 0 Å². The second-order valence-electron chi connectivity index (χ2n) is 6.49. The van der Waals surface area contributed by atoms with Gasteiger partial charge in [0.05, 0.1) is 0 Å². The van der Waals surface area contributed by atoms with Gasteiger partial charge in [0.1, 0.15) is 5.82 Å². The van der Waals surface area contributed by atoms with Crippen molar-refractivity contribution in [3.63, 3.8) is 0 Å². The second-order valence-corrected chi connectivity index (χ2v) is 6.49. The summed E-state index contributed by atoms with van der Waals surface area (Å²) in [6.07, 6.45) is 0. The van der Waals surface area contributed by atoms with E-state index in [-0.39, 0.29) is 11.9 Å². The van der Waals surface area contributed by atoms with Gasteiger partial charge in [-0.1, -0.05) is 26.0 Å². The summed E-state index contributed by atoms with van der Waals surface area (Å²) < 4.78 is 13.8. The fourth-order valence-corrected chi connectivity index (χ4v) is 2.96. The Labute approximate surface area is 122 Å². The van der Waals surface area contributed by atoms with Gasteiger partial charge in [-0.3, -0.25) is 4.90 Å². The number of nitrogens with zero attached hydrogens (tertiary/aromatic N) is 1. The maximum Gasteiger partial charge on any atom is 0.126 e. The zero-order chi connectivity index (χ0) is 14.9. The summed E-state index contributed by atoms with van der Waals surface area (Å²) in [5.74, 6) is 0.518. The molecule has 1 N–H and O–H groups in total. The first-order valence-electron chi connectivity index (χ1n) is 7.65. The lowest BCUT2D eigenvalue weighted by Crippen LogP contribution is -2.57. The highest BCUT2D eigenvalue weighted by Gasteiger charge is 2.30. The third-order valence-electron chi connectivity index (χ3n) is 4.63. The van der Waals surface area contributed by atoms with E-state index in [4.69, 9.17) is 0 Å². The lowest BCUT2D eigenvalue weighted by atomic mass is 9.96. The smallest absolute Gasteiger partial charge is 0.126 e. The summed E-state index contributed by atoms with van der Waals surface area (Å²) in [5.41, 5.74) is 1.79. The minimum Gasteiger partial charge on any atom is -0.311 e. The number of aryl methyl sites for hydroxylation is 1. The lowest BCUT2D eigenvalue weighted by Gasteiger charge is -2.43. The van der Waals surface area contributed by atoms with Crippen LogP contribution in [0.3, 0.4) is 0 Å². The first kappa shape index (κ1) is 15.5. The van der Waals surface area contributed by atoms with Gasteiger partial charge in [-0.05, 0) is 43.9 Å². The van der Waals surface area contributed by atoms with Gasteiger partial charge in [0.2, 0.25) is 0 Å². The molecule has 3 heteroatoms. The van der Waals surface area contributed by atoms with Crippen LogP contribution in [-0.4, -0.2) is 30.1 Å². The van der Waals surface area contributed by atoms with Crippen LogP contribution in [0.4, 0.5) is 4.39 Å². The largest absolute Gasteiger partial charge is 0.311 e. The van der Waals surface area contributed by atoms with Gasteiger partial charge < -0.3 is 5.32 Å². The number of nitrogens with one attached hydrogen (secondary N) is 1. The molecule has 2 nitrogen and oxygen atoms in total. The topological polar surface area (TPSA) is 15.3 Å². The molecule has 3 unspecified atom stereocenters. The molecule has 0 saturated carbocycles. The highest BCUT2D eigenvalue weighted by Crippen LogP contribution is 2.26. The van der Waals surface area contributed by atoms with Gasteiger partial charge >= 0.3 is 0 Å². The predicted molar refractivity (Wildman–Crippen MR) is 82.3 cm³/mol. The van der Waals surface area contributed by atoms with E-state index in [0.29, 0.717) is 18.0 Å². The molecule has 1 aromatic rings. The molecule has 3 atom stereocenters. The zero-order valence-corrected chi connectivity index (χ0v) is 13.3. The molecular weight excluding hydrogens is 251 g/mol. The van der Waals surface area contributed by atoms with Crippen molar-refractivity contribution in [1.29, 1.82) is 0 Å². The van der Waals surface area contributed by atoms with E-state index in [2.05, 4.69) is 44.0 Å². The molecule has 1 aliphatic heterocycles. The molecule has 1 aliphatic rings. The van der Waals surface area contributed by atoms with Crippen molar-refractivity contribution in [3.8, 4) is 0 Å². The first-order valence-corrected chi connectivity index (χ1v) is 7.65. The highest BCUT2D eigenvalue weighted by molar-refractivity contribution is 5.25. The van der Waals surface area contributed by atoms with Crippen LogP contribution >= 0.6 is 0 Å². The Kier molecular flexibility index (Phi) is 4.82. The Bertz CT molecular complexity index is 458. The maximum atomic E-state index is 13.8. The van der Waals surface area contributed by atoms with Gasteiger partial charge in [-0.15, -0.1) is 0 Å². The Morgan fingerprint density at radius 3 is 2.60 bits per heavy atom. The predicted octanol–water partition coefficient (Wildman–Crippen LogP) is 3.51. The molecule has 0 aliphatic carbocycles. The van der Waals surface area contributed by atoms with Crippen molar-refractivity contribution in [2.24, 2.45) is 5.92 Å². The normalized spacial score (nSPS) is 25.9.